The van der Waals surface area contributed by atoms with E-state index in [4.69, 9.17) is 5.11 Å². The highest BCUT2D eigenvalue weighted by atomic mass is 16.6. The monoisotopic (exact) mass is 179 g/mol. The number of phenols is 1. The number of nitrogens with zero attached hydrogens (tertiary/aromatic N) is 1. The summed E-state index contributed by atoms with van der Waals surface area (Å²) in [5.41, 5.74) is 0.499. The molecular formula is C9H9NO3. The molecule has 0 spiro atoms. The van der Waals surface area contributed by atoms with Crippen LogP contribution < -0.4 is 0 Å². The topological polar surface area (TPSA) is 63.4 Å². The van der Waals surface area contributed by atoms with Crippen molar-refractivity contribution < 1.29 is 10.0 Å². The van der Waals surface area contributed by atoms with Crippen molar-refractivity contribution in [2.75, 3.05) is 0 Å². The van der Waals surface area contributed by atoms with Gasteiger partial charge in [0.05, 0.1) is 4.92 Å². The number of benzene rings is 1. The minimum absolute atomic E-state index is 0.264. The van der Waals surface area contributed by atoms with Crippen molar-refractivity contribution in [1.29, 1.82) is 0 Å². The molecule has 0 fully saturated rings. The second kappa shape index (κ2) is 3.71. The molecule has 13 heavy (non-hydrogen) atoms. The Morgan fingerprint density at radius 3 is 2.85 bits per heavy atom. The van der Waals surface area contributed by atoms with E-state index in [0.717, 1.165) is 5.56 Å². The molecule has 0 saturated carbocycles. The van der Waals surface area contributed by atoms with Gasteiger partial charge in [0.25, 0.3) is 0 Å². The highest BCUT2D eigenvalue weighted by Gasteiger charge is 2.12. The first-order chi connectivity index (χ1) is 6.15. The highest BCUT2D eigenvalue weighted by Crippen LogP contribution is 2.26. The summed E-state index contributed by atoms with van der Waals surface area (Å²) in [5.74, 6) is -0.308. The lowest BCUT2D eigenvalue weighted by Gasteiger charge is -1.98. The normalized spacial score (nSPS) is 9.54. The number of phenolic OH excluding ortho intramolecular Hbond substituents is 1. The fraction of sp³-hybridized carbons (Fsp3) is 0.111. The van der Waals surface area contributed by atoms with Crippen LogP contribution in [0.5, 0.6) is 5.75 Å². The Bertz CT molecular complexity index is 347. The van der Waals surface area contributed by atoms with E-state index in [1.54, 1.807) is 12.1 Å². The van der Waals surface area contributed by atoms with E-state index in [2.05, 4.69) is 6.58 Å². The zero-order valence-corrected chi connectivity index (χ0v) is 6.93. The Balaban J connectivity index is 3.10. The molecular weight excluding hydrogens is 170 g/mol. The van der Waals surface area contributed by atoms with Crippen molar-refractivity contribution in [2.45, 2.75) is 6.42 Å². The van der Waals surface area contributed by atoms with Gasteiger partial charge in [0, 0.05) is 6.07 Å². The fourth-order valence-corrected chi connectivity index (χ4v) is 1.01. The largest absolute Gasteiger partial charge is 0.502 e. The van der Waals surface area contributed by atoms with Gasteiger partial charge in [-0.15, -0.1) is 6.58 Å². The quantitative estimate of drug-likeness (QED) is 0.438. The lowest BCUT2D eigenvalue weighted by Crippen LogP contribution is -1.90. The summed E-state index contributed by atoms with van der Waals surface area (Å²) in [4.78, 5) is 9.79. The Kier molecular flexibility index (Phi) is 2.64. The number of hydrogen-bond acceptors (Lipinski definition) is 3. The molecule has 4 nitrogen and oxygen atoms in total. The average molecular weight is 179 g/mol. The van der Waals surface area contributed by atoms with E-state index >= 15 is 0 Å². The molecule has 1 rings (SSSR count). The standard InChI is InChI=1S/C9H9NO3/c1-2-3-7-4-5-9(11)8(6-7)10(12)13/h2,4-6,11H,1,3H2. The molecule has 1 aromatic carbocycles. The Labute approximate surface area is 75.3 Å². The number of allylic oxidation sites excluding steroid dienone is 1. The zero-order valence-electron chi connectivity index (χ0n) is 6.93. The Hall–Kier alpha value is -1.84. The SMILES string of the molecule is C=CCc1ccc(O)c([N+](=O)[O-])c1. The molecule has 0 aliphatic carbocycles. The van der Waals surface area contributed by atoms with Crippen LogP contribution in [0.15, 0.2) is 30.9 Å². The molecule has 68 valence electrons. The maximum Gasteiger partial charge on any atom is 0.310 e. The first kappa shape index (κ1) is 9.25. The number of aromatic hydroxyl groups is 1. The van der Waals surface area contributed by atoms with Crippen LogP contribution in [0, 0.1) is 10.1 Å². The van der Waals surface area contributed by atoms with Crippen LogP contribution in [0.3, 0.4) is 0 Å². The maximum atomic E-state index is 10.4. The number of nitro benzene ring substituents is 1. The van der Waals surface area contributed by atoms with Crippen LogP contribution >= 0.6 is 0 Å². The summed E-state index contributed by atoms with van der Waals surface area (Å²) < 4.78 is 0. The first-order valence-electron chi connectivity index (χ1n) is 3.72. The minimum Gasteiger partial charge on any atom is -0.502 e. The summed E-state index contributed by atoms with van der Waals surface area (Å²) in [6.07, 6.45) is 2.21. The van der Waals surface area contributed by atoms with E-state index in [-0.39, 0.29) is 11.4 Å². The van der Waals surface area contributed by atoms with Gasteiger partial charge in [0.1, 0.15) is 0 Å². The van der Waals surface area contributed by atoms with Gasteiger partial charge in [-0.05, 0) is 18.1 Å². The van der Waals surface area contributed by atoms with Crippen molar-refractivity contribution in [3.05, 3.63) is 46.5 Å². The van der Waals surface area contributed by atoms with Crippen LogP contribution in [0.1, 0.15) is 5.56 Å². The number of rotatable bonds is 3. The minimum atomic E-state index is -0.609. The third-order valence-electron chi connectivity index (χ3n) is 1.62. The van der Waals surface area contributed by atoms with E-state index in [1.165, 1.54) is 12.1 Å². The molecule has 0 aliphatic rings. The lowest BCUT2D eigenvalue weighted by molar-refractivity contribution is -0.385. The summed E-state index contributed by atoms with van der Waals surface area (Å²) in [6.45, 7) is 3.52. The third-order valence-corrected chi connectivity index (χ3v) is 1.62. The van der Waals surface area contributed by atoms with Crippen molar-refractivity contribution in [2.24, 2.45) is 0 Å². The zero-order chi connectivity index (χ0) is 9.84. The molecule has 0 atom stereocenters. The molecule has 0 aromatic heterocycles. The van der Waals surface area contributed by atoms with Crippen molar-refractivity contribution in [3.8, 4) is 5.75 Å². The van der Waals surface area contributed by atoms with Gasteiger partial charge >= 0.3 is 5.69 Å². The van der Waals surface area contributed by atoms with Gasteiger partial charge in [-0.25, -0.2) is 0 Å². The van der Waals surface area contributed by atoms with Gasteiger partial charge in [-0.1, -0.05) is 12.1 Å². The van der Waals surface area contributed by atoms with Crippen molar-refractivity contribution in [3.63, 3.8) is 0 Å². The van der Waals surface area contributed by atoms with Gasteiger partial charge in [0.2, 0.25) is 0 Å². The van der Waals surface area contributed by atoms with Crippen LogP contribution in [0.2, 0.25) is 0 Å². The highest BCUT2D eigenvalue weighted by molar-refractivity contribution is 5.47. The van der Waals surface area contributed by atoms with Crippen LogP contribution in [0.4, 0.5) is 5.69 Å². The summed E-state index contributed by atoms with van der Waals surface area (Å²) in [5, 5.41) is 19.5. The molecule has 4 heteroatoms. The predicted molar refractivity (Wildman–Crippen MR) is 48.7 cm³/mol. The van der Waals surface area contributed by atoms with Gasteiger partial charge in [-0.3, -0.25) is 10.1 Å². The van der Waals surface area contributed by atoms with E-state index in [9.17, 15) is 10.1 Å². The molecule has 0 saturated heterocycles. The molecule has 0 aliphatic heterocycles. The average Bonchev–Trinajstić information content (AvgIpc) is 2.08. The fourth-order valence-electron chi connectivity index (χ4n) is 1.01. The first-order valence-corrected chi connectivity index (χ1v) is 3.72. The number of hydrogen-bond donors (Lipinski definition) is 1. The molecule has 0 amide bonds. The summed E-state index contributed by atoms with van der Waals surface area (Å²) in [7, 11) is 0. The maximum absolute atomic E-state index is 10.4. The molecule has 0 heterocycles. The van der Waals surface area contributed by atoms with Crippen LogP contribution in [-0.4, -0.2) is 10.0 Å². The second-order valence-corrected chi connectivity index (χ2v) is 2.57. The van der Waals surface area contributed by atoms with Crippen molar-refractivity contribution in [1.82, 2.24) is 0 Å². The summed E-state index contributed by atoms with van der Waals surface area (Å²) >= 11 is 0. The molecule has 1 aromatic rings. The molecule has 1 N–H and O–H groups in total. The molecule has 0 radical (unpaired) electrons. The van der Waals surface area contributed by atoms with Gasteiger partial charge in [0.15, 0.2) is 5.75 Å². The predicted octanol–water partition coefficient (Wildman–Crippen LogP) is 2.03. The molecule has 0 bridgehead atoms. The van der Waals surface area contributed by atoms with Crippen molar-refractivity contribution >= 4 is 5.69 Å². The van der Waals surface area contributed by atoms with Crippen LogP contribution in [-0.2, 0) is 6.42 Å². The smallest absolute Gasteiger partial charge is 0.310 e. The number of nitro groups is 1. The van der Waals surface area contributed by atoms with Crippen LogP contribution in [0.25, 0.3) is 0 Å². The van der Waals surface area contributed by atoms with E-state index in [0.29, 0.717) is 6.42 Å². The summed E-state index contributed by atoms with van der Waals surface area (Å²) in [6, 6.07) is 4.29. The van der Waals surface area contributed by atoms with E-state index < -0.39 is 4.92 Å². The Morgan fingerprint density at radius 2 is 2.31 bits per heavy atom. The molecule has 0 unspecified atom stereocenters. The third kappa shape index (κ3) is 2.05. The van der Waals surface area contributed by atoms with Gasteiger partial charge in [-0.2, -0.15) is 0 Å². The van der Waals surface area contributed by atoms with E-state index in [1.807, 2.05) is 0 Å². The lowest BCUT2D eigenvalue weighted by atomic mass is 10.1. The Morgan fingerprint density at radius 1 is 1.62 bits per heavy atom. The second-order valence-electron chi connectivity index (χ2n) is 2.57. The van der Waals surface area contributed by atoms with Gasteiger partial charge < -0.3 is 5.11 Å².